The lowest BCUT2D eigenvalue weighted by molar-refractivity contribution is -0.136. The number of rotatable bonds is 5. The molecule has 0 spiro atoms. The molecule has 1 rings (SSSR count). The summed E-state index contributed by atoms with van der Waals surface area (Å²) in [6, 6.07) is 3.42. The number of aryl methyl sites for hydroxylation is 1. The quantitative estimate of drug-likeness (QED) is 0.867. The van der Waals surface area contributed by atoms with Gasteiger partial charge in [-0.2, -0.15) is 0 Å². The maximum atomic E-state index is 11.5. The van der Waals surface area contributed by atoms with E-state index in [0.717, 1.165) is 5.56 Å². The van der Waals surface area contributed by atoms with Gasteiger partial charge in [0.05, 0.1) is 5.75 Å². The first kappa shape index (κ1) is 15.9. The molecule has 17 heavy (non-hydrogen) atoms. The minimum atomic E-state index is -3.58. The van der Waals surface area contributed by atoms with Crippen LogP contribution in [0.25, 0.3) is 0 Å². The van der Waals surface area contributed by atoms with Gasteiger partial charge in [-0.25, -0.2) is 8.42 Å². The van der Waals surface area contributed by atoms with Gasteiger partial charge in [0.2, 0.25) is 0 Å². The summed E-state index contributed by atoms with van der Waals surface area (Å²) >= 11 is 0. The Bertz CT molecular complexity index is 460. The molecule has 0 aliphatic rings. The van der Waals surface area contributed by atoms with E-state index < -0.39 is 21.1 Å². The Morgan fingerprint density at radius 3 is 2.41 bits per heavy atom. The fourth-order valence-electron chi connectivity index (χ4n) is 1.14. The average Bonchev–Trinajstić information content (AvgIpc) is 2.27. The Kier molecular flexibility index (Phi) is 6.12. The highest BCUT2D eigenvalue weighted by atomic mass is 35.5. The number of aromatic nitrogens is 1. The van der Waals surface area contributed by atoms with Gasteiger partial charge in [-0.15, -0.1) is 12.4 Å². The summed E-state index contributed by atoms with van der Waals surface area (Å²) in [6.45, 7) is 1.18. The van der Waals surface area contributed by atoms with Crippen LogP contribution in [-0.2, 0) is 21.1 Å². The minimum Gasteiger partial charge on any atom is -0.480 e. The maximum absolute atomic E-state index is 11.5. The lowest BCUT2D eigenvalue weighted by atomic mass is 10.2. The lowest BCUT2D eigenvalue weighted by Gasteiger charge is -2.07. The number of pyridine rings is 1. The number of hydrogen-bond acceptors (Lipinski definition) is 4. The molecule has 1 aromatic heterocycles. The van der Waals surface area contributed by atoms with Crippen LogP contribution < -0.4 is 0 Å². The van der Waals surface area contributed by atoms with E-state index in [1.807, 2.05) is 0 Å². The molecule has 0 aromatic carbocycles. The third kappa shape index (κ3) is 4.70. The number of carboxylic acids is 1. The Morgan fingerprint density at radius 1 is 1.41 bits per heavy atom. The second-order valence-corrected chi connectivity index (χ2v) is 5.89. The van der Waals surface area contributed by atoms with Gasteiger partial charge in [0, 0.05) is 12.4 Å². The van der Waals surface area contributed by atoms with Crippen LogP contribution >= 0.6 is 12.4 Å². The van der Waals surface area contributed by atoms with E-state index in [4.69, 9.17) is 5.11 Å². The van der Waals surface area contributed by atoms with Crippen molar-refractivity contribution >= 4 is 28.2 Å². The fourth-order valence-corrected chi connectivity index (χ4v) is 2.32. The van der Waals surface area contributed by atoms with Gasteiger partial charge in [-0.05, 0) is 31.0 Å². The Labute approximate surface area is 106 Å². The summed E-state index contributed by atoms with van der Waals surface area (Å²) in [4.78, 5) is 14.4. The highest BCUT2D eigenvalue weighted by Gasteiger charge is 2.26. The smallest absolute Gasteiger partial charge is 0.321 e. The average molecular weight is 280 g/mol. The van der Waals surface area contributed by atoms with Crippen LogP contribution in [0.1, 0.15) is 12.5 Å². The molecule has 0 amide bonds. The Hall–Kier alpha value is -1.14. The zero-order chi connectivity index (χ0) is 12.2. The first-order valence-electron chi connectivity index (χ1n) is 4.77. The predicted molar refractivity (Wildman–Crippen MR) is 66.1 cm³/mol. The molecular weight excluding hydrogens is 266 g/mol. The molecule has 0 aliphatic heterocycles. The van der Waals surface area contributed by atoms with Gasteiger partial charge in [-0.1, -0.05) is 0 Å². The van der Waals surface area contributed by atoms with Crippen molar-refractivity contribution in [2.24, 2.45) is 0 Å². The van der Waals surface area contributed by atoms with Crippen molar-refractivity contribution in [1.29, 1.82) is 0 Å². The van der Waals surface area contributed by atoms with Crippen LogP contribution in [0, 0.1) is 0 Å². The number of aliphatic carboxylic acids is 1. The molecule has 1 aromatic rings. The van der Waals surface area contributed by atoms with E-state index in [0.29, 0.717) is 6.42 Å². The number of sulfone groups is 1. The first-order chi connectivity index (χ1) is 7.43. The van der Waals surface area contributed by atoms with Crippen LogP contribution in [0.2, 0.25) is 0 Å². The van der Waals surface area contributed by atoms with Crippen LogP contribution in [0.5, 0.6) is 0 Å². The standard InChI is InChI=1S/C10H13NO4S.ClH/c1-8(10(12)13)16(14,15)7-4-9-2-5-11-6-3-9;/h2-3,5-6,8H,4,7H2,1H3,(H,12,13);1H. The van der Waals surface area contributed by atoms with Crippen molar-refractivity contribution in [3.8, 4) is 0 Å². The molecule has 1 atom stereocenters. The van der Waals surface area contributed by atoms with Crippen LogP contribution in [0.15, 0.2) is 24.5 Å². The van der Waals surface area contributed by atoms with Crippen molar-refractivity contribution in [3.05, 3.63) is 30.1 Å². The van der Waals surface area contributed by atoms with E-state index in [1.54, 1.807) is 24.5 Å². The van der Waals surface area contributed by atoms with Crippen LogP contribution in [0.4, 0.5) is 0 Å². The summed E-state index contributed by atoms with van der Waals surface area (Å²) in [6.07, 6.45) is 3.45. The maximum Gasteiger partial charge on any atom is 0.321 e. The van der Waals surface area contributed by atoms with Crippen molar-refractivity contribution in [2.75, 3.05) is 5.75 Å². The van der Waals surface area contributed by atoms with Crippen molar-refractivity contribution < 1.29 is 18.3 Å². The lowest BCUT2D eigenvalue weighted by Crippen LogP contribution is -2.29. The monoisotopic (exact) mass is 279 g/mol. The molecule has 5 nitrogen and oxygen atoms in total. The van der Waals surface area contributed by atoms with Gasteiger partial charge >= 0.3 is 5.97 Å². The SMILES string of the molecule is CC(C(=O)O)S(=O)(=O)CCc1ccncc1.Cl. The van der Waals surface area contributed by atoms with Gasteiger partial charge < -0.3 is 5.11 Å². The molecule has 0 bridgehead atoms. The highest BCUT2D eigenvalue weighted by molar-refractivity contribution is 7.92. The van der Waals surface area contributed by atoms with E-state index in [9.17, 15) is 13.2 Å². The molecule has 0 saturated heterocycles. The van der Waals surface area contributed by atoms with Crippen LogP contribution in [0.3, 0.4) is 0 Å². The number of hydrogen-bond donors (Lipinski definition) is 1. The number of nitrogens with zero attached hydrogens (tertiary/aromatic N) is 1. The number of carboxylic acid groups (broad SMARTS) is 1. The van der Waals surface area contributed by atoms with Gasteiger partial charge in [0.25, 0.3) is 0 Å². The molecule has 96 valence electrons. The zero-order valence-corrected chi connectivity index (χ0v) is 10.9. The van der Waals surface area contributed by atoms with Crippen molar-refractivity contribution in [2.45, 2.75) is 18.6 Å². The van der Waals surface area contributed by atoms with Gasteiger partial charge in [0.1, 0.15) is 0 Å². The number of carbonyl (C=O) groups is 1. The Morgan fingerprint density at radius 2 is 1.94 bits per heavy atom. The molecule has 0 fully saturated rings. The van der Waals surface area contributed by atoms with Gasteiger partial charge in [-0.3, -0.25) is 9.78 Å². The number of halogens is 1. The van der Waals surface area contributed by atoms with Crippen molar-refractivity contribution in [1.82, 2.24) is 4.98 Å². The largest absolute Gasteiger partial charge is 0.480 e. The first-order valence-corrected chi connectivity index (χ1v) is 6.48. The normalized spacial score (nSPS) is 12.5. The zero-order valence-electron chi connectivity index (χ0n) is 9.24. The molecular formula is C10H14ClNO4S. The molecule has 7 heteroatoms. The third-order valence-electron chi connectivity index (χ3n) is 2.31. The minimum absolute atomic E-state index is 0. The van der Waals surface area contributed by atoms with Crippen molar-refractivity contribution in [3.63, 3.8) is 0 Å². The summed E-state index contributed by atoms with van der Waals surface area (Å²) in [7, 11) is -3.58. The molecule has 0 aliphatic carbocycles. The molecule has 1 heterocycles. The van der Waals surface area contributed by atoms with Crippen LogP contribution in [-0.4, -0.2) is 35.5 Å². The molecule has 0 radical (unpaired) electrons. The van der Waals surface area contributed by atoms with E-state index in [2.05, 4.69) is 4.98 Å². The van der Waals surface area contributed by atoms with E-state index in [-0.39, 0.29) is 18.2 Å². The molecule has 1 N–H and O–H groups in total. The second-order valence-electron chi connectivity index (χ2n) is 3.45. The summed E-state index contributed by atoms with van der Waals surface area (Å²) in [5.74, 6) is -1.47. The predicted octanol–water partition coefficient (Wildman–Crippen LogP) is 0.934. The van der Waals surface area contributed by atoms with Gasteiger partial charge in [0.15, 0.2) is 15.1 Å². The van der Waals surface area contributed by atoms with E-state index >= 15 is 0 Å². The molecule has 0 saturated carbocycles. The third-order valence-corrected chi connectivity index (χ3v) is 4.36. The Balaban J connectivity index is 0.00000256. The van der Waals surface area contributed by atoms with E-state index in [1.165, 1.54) is 6.92 Å². The summed E-state index contributed by atoms with van der Waals surface area (Å²) < 4.78 is 23.1. The molecule has 1 unspecified atom stereocenters. The highest BCUT2D eigenvalue weighted by Crippen LogP contribution is 2.06. The fraction of sp³-hybridized carbons (Fsp3) is 0.400. The summed E-state index contributed by atoms with van der Waals surface area (Å²) in [5, 5.41) is 7.27. The topological polar surface area (TPSA) is 84.3 Å². The summed E-state index contributed by atoms with van der Waals surface area (Å²) in [5.41, 5.74) is 0.830. The second kappa shape index (κ2) is 6.56.